The van der Waals surface area contributed by atoms with Crippen molar-refractivity contribution in [3.05, 3.63) is 65.2 Å². The number of carbonyl (C=O) groups is 1. The van der Waals surface area contributed by atoms with Crippen LogP contribution in [0.25, 0.3) is 0 Å². The van der Waals surface area contributed by atoms with Gasteiger partial charge in [-0.05, 0) is 55.7 Å². The molecule has 5 nitrogen and oxygen atoms in total. The Morgan fingerprint density at radius 3 is 2.30 bits per heavy atom. The van der Waals surface area contributed by atoms with Crippen molar-refractivity contribution in [2.45, 2.75) is 43.5 Å². The third kappa shape index (κ3) is 4.70. The fraction of sp³-hybridized carbons (Fsp3) is 0.409. The number of nitrogens with zero attached hydrogens (tertiary/aromatic N) is 2. The summed E-state index contributed by atoms with van der Waals surface area (Å²) in [6.07, 6.45) is 3.67. The predicted molar refractivity (Wildman–Crippen MR) is 111 cm³/mol. The molecule has 2 aromatic rings. The zero-order valence-corrected chi connectivity index (χ0v) is 18.0. The van der Waals surface area contributed by atoms with Gasteiger partial charge in [0.25, 0.3) is 5.91 Å². The van der Waals surface area contributed by atoms with Gasteiger partial charge in [0, 0.05) is 25.7 Å². The number of halogens is 2. The van der Waals surface area contributed by atoms with Crippen LogP contribution >= 0.6 is 0 Å². The molecule has 1 saturated heterocycles. The van der Waals surface area contributed by atoms with Crippen LogP contribution in [0.15, 0.2) is 47.4 Å². The smallest absolute Gasteiger partial charge is 0.254 e. The topological polar surface area (TPSA) is 57.7 Å². The lowest BCUT2D eigenvalue weighted by atomic mass is 10.1. The number of carbonyl (C=O) groups excluding carboxylic acids is 1. The molecule has 1 aliphatic rings. The lowest BCUT2D eigenvalue weighted by molar-refractivity contribution is 0.0742. The zero-order chi connectivity index (χ0) is 21.9. The van der Waals surface area contributed by atoms with E-state index in [2.05, 4.69) is 0 Å². The van der Waals surface area contributed by atoms with Crippen LogP contribution < -0.4 is 0 Å². The first-order chi connectivity index (χ1) is 14.2. The normalized spacial score (nSPS) is 16.7. The number of benzene rings is 2. The molecule has 1 amide bonds. The van der Waals surface area contributed by atoms with Crippen molar-refractivity contribution in [1.29, 1.82) is 0 Å². The summed E-state index contributed by atoms with van der Waals surface area (Å²) in [5.41, 5.74) is 0.668. The second-order valence-corrected chi connectivity index (χ2v) is 9.55. The predicted octanol–water partition coefficient (Wildman–Crippen LogP) is 4.36. The number of hydrogen-bond donors (Lipinski definition) is 0. The molecular formula is C22H26F2N2O3S. The Balaban J connectivity index is 1.83. The first-order valence-electron chi connectivity index (χ1n) is 10.0. The van der Waals surface area contributed by atoms with E-state index in [0.29, 0.717) is 18.7 Å². The molecule has 1 unspecified atom stereocenters. The summed E-state index contributed by atoms with van der Waals surface area (Å²) in [7, 11) is -2.13. The molecule has 0 spiro atoms. The second kappa shape index (κ2) is 9.22. The van der Waals surface area contributed by atoms with Gasteiger partial charge in [-0.2, -0.15) is 4.31 Å². The van der Waals surface area contributed by atoms with Gasteiger partial charge < -0.3 is 4.90 Å². The number of sulfonamides is 1. The van der Waals surface area contributed by atoms with Gasteiger partial charge in [-0.1, -0.05) is 25.0 Å². The van der Waals surface area contributed by atoms with E-state index in [1.807, 2.05) is 0 Å². The van der Waals surface area contributed by atoms with Crippen molar-refractivity contribution >= 4 is 15.9 Å². The van der Waals surface area contributed by atoms with Gasteiger partial charge in [-0.15, -0.1) is 0 Å². The molecule has 0 bridgehead atoms. The van der Waals surface area contributed by atoms with E-state index in [0.717, 1.165) is 37.8 Å². The first-order valence-corrected chi connectivity index (χ1v) is 11.5. The molecule has 30 heavy (non-hydrogen) atoms. The van der Waals surface area contributed by atoms with Crippen LogP contribution in [0.3, 0.4) is 0 Å². The summed E-state index contributed by atoms with van der Waals surface area (Å²) < 4.78 is 54.3. The van der Waals surface area contributed by atoms with Gasteiger partial charge in [0.15, 0.2) is 11.6 Å². The Hall–Kier alpha value is -2.32. The van der Waals surface area contributed by atoms with Crippen LogP contribution in [0.1, 0.15) is 54.6 Å². The van der Waals surface area contributed by atoms with Crippen molar-refractivity contribution in [1.82, 2.24) is 9.21 Å². The van der Waals surface area contributed by atoms with Crippen molar-refractivity contribution in [3.63, 3.8) is 0 Å². The third-order valence-electron chi connectivity index (χ3n) is 5.61. The summed E-state index contributed by atoms with van der Waals surface area (Å²) in [4.78, 5) is 14.4. The Bertz CT molecular complexity index is 1020. The molecule has 1 atom stereocenters. The molecule has 0 N–H and O–H groups in total. The highest BCUT2D eigenvalue weighted by Gasteiger charge is 2.27. The fourth-order valence-electron chi connectivity index (χ4n) is 3.60. The molecule has 0 radical (unpaired) electrons. The highest BCUT2D eigenvalue weighted by Crippen LogP contribution is 2.25. The summed E-state index contributed by atoms with van der Waals surface area (Å²) in [5.74, 6) is -2.34. The highest BCUT2D eigenvalue weighted by atomic mass is 32.2. The van der Waals surface area contributed by atoms with Crippen LogP contribution in [0.5, 0.6) is 0 Å². The Kier molecular flexibility index (Phi) is 6.88. The van der Waals surface area contributed by atoms with Gasteiger partial charge >= 0.3 is 0 Å². The number of hydrogen-bond acceptors (Lipinski definition) is 3. The van der Waals surface area contributed by atoms with E-state index < -0.39 is 33.6 Å². The van der Waals surface area contributed by atoms with Crippen molar-refractivity contribution in [2.24, 2.45) is 0 Å². The minimum Gasteiger partial charge on any atom is -0.335 e. The molecular weight excluding hydrogens is 410 g/mol. The fourth-order valence-corrected chi connectivity index (χ4v) is 5.16. The molecule has 1 heterocycles. The van der Waals surface area contributed by atoms with Gasteiger partial charge in [0.1, 0.15) is 0 Å². The maximum absolute atomic E-state index is 13.6. The summed E-state index contributed by atoms with van der Waals surface area (Å²) in [6.45, 7) is 2.66. The monoisotopic (exact) mass is 436 g/mol. The van der Waals surface area contributed by atoms with E-state index in [9.17, 15) is 22.0 Å². The minimum absolute atomic E-state index is 0.0872. The second-order valence-electron chi connectivity index (χ2n) is 7.61. The Labute approximate surface area is 176 Å². The first kappa shape index (κ1) is 22.4. The quantitative estimate of drug-likeness (QED) is 0.700. The molecule has 2 aromatic carbocycles. The minimum atomic E-state index is -3.68. The summed E-state index contributed by atoms with van der Waals surface area (Å²) >= 11 is 0. The maximum Gasteiger partial charge on any atom is 0.254 e. The third-order valence-corrected chi connectivity index (χ3v) is 7.51. The lowest BCUT2D eigenvalue weighted by Gasteiger charge is -2.26. The molecule has 8 heteroatoms. The van der Waals surface area contributed by atoms with Gasteiger partial charge in [-0.25, -0.2) is 17.2 Å². The molecule has 1 aliphatic heterocycles. The zero-order valence-electron chi connectivity index (χ0n) is 17.1. The van der Waals surface area contributed by atoms with Gasteiger partial charge in [-0.3, -0.25) is 4.79 Å². The molecule has 0 aliphatic carbocycles. The summed E-state index contributed by atoms with van der Waals surface area (Å²) in [5, 5.41) is 0. The molecule has 0 saturated carbocycles. The standard InChI is InChI=1S/C22H26F2N2O3S/c1-16(17-10-11-20(23)21(24)15-17)25(2)22(27)18-8-7-9-19(14-18)30(28,29)26-12-5-3-4-6-13-26/h7-11,14-16H,3-6,12-13H2,1-2H3. The molecule has 162 valence electrons. The van der Waals surface area contributed by atoms with Crippen LogP contribution in [0.4, 0.5) is 8.78 Å². The van der Waals surface area contributed by atoms with Crippen LogP contribution in [-0.2, 0) is 10.0 Å². The van der Waals surface area contributed by atoms with E-state index in [-0.39, 0.29) is 10.5 Å². The van der Waals surface area contributed by atoms with E-state index in [1.165, 1.54) is 27.4 Å². The van der Waals surface area contributed by atoms with Gasteiger partial charge in [0.05, 0.1) is 10.9 Å². The van der Waals surface area contributed by atoms with Gasteiger partial charge in [0.2, 0.25) is 10.0 Å². The highest BCUT2D eigenvalue weighted by molar-refractivity contribution is 7.89. The number of rotatable bonds is 5. The van der Waals surface area contributed by atoms with Crippen LogP contribution in [0, 0.1) is 11.6 Å². The number of amides is 1. The van der Waals surface area contributed by atoms with Crippen LogP contribution in [-0.4, -0.2) is 43.7 Å². The van der Waals surface area contributed by atoms with Crippen molar-refractivity contribution in [2.75, 3.05) is 20.1 Å². The van der Waals surface area contributed by atoms with E-state index in [4.69, 9.17) is 0 Å². The Morgan fingerprint density at radius 2 is 1.67 bits per heavy atom. The molecule has 1 fully saturated rings. The lowest BCUT2D eigenvalue weighted by Crippen LogP contribution is -2.32. The maximum atomic E-state index is 13.6. The molecule has 0 aromatic heterocycles. The van der Waals surface area contributed by atoms with E-state index >= 15 is 0 Å². The average molecular weight is 437 g/mol. The van der Waals surface area contributed by atoms with Crippen molar-refractivity contribution in [3.8, 4) is 0 Å². The van der Waals surface area contributed by atoms with Crippen molar-refractivity contribution < 1.29 is 22.0 Å². The summed E-state index contributed by atoms with van der Waals surface area (Å²) in [6, 6.07) is 8.96. The Morgan fingerprint density at radius 1 is 1.00 bits per heavy atom. The van der Waals surface area contributed by atoms with E-state index in [1.54, 1.807) is 26.1 Å². The molecule has 3 rings (SSSR count). The van der Waals surface area contributed by atoms with Crippen LogP contribution in [0.2, 0.25) is 0 Å². The largest absolute Gasteiger partial charge is 0.335 e. The SMILES string of the molecule is CC(c1ccc(F)c(F)c1)N(C)C(=O)c1cccc(S(=O)(=O)N2CCCCCC2)c1. The average Bonchev–Trinajstić information content (AvgIpc) is 3.04.